The van der Waals surface area contributed by atoms with E-state index in [9.17, 15) is 0 Å². The lowest BCUT2D eigenvalue weighted by Gasteiger charge is -2.09. The van der Waals surface area contributed by atoms with Crippen molar-refractivity contribution in [1.29, 1.82) is 0 Å². The van der Waals surface area contributed by atoms with E-state index < -0.39 is 0 Å². The lowest BCUT2D eigenvalue weighted by molar-refractivity contribution is 0.401. The molecular weight excluding hydrogens is 232 g/mol. The number of anilines is 1. The van der Waals surface area contributed by atoms with Crippen molar-refractivity contribution in [1.82, 2.24) is 15.2 Å². The fourth-order valence-corrected chi connectivity index (χ4v) is 1.48. The first-order valence-electron chi connectivity index (χ1n) is 5.34. The number of hydrogen-bond donors (Lipinski definition) is 2. The predicted molar refractivity (Wildman–Crippen MR) is 71.6 cm³/mol. The Morgan fingerprint density at radius 1 is 1.56 bits per heavy atom. The molecule has 0 atom stereocenters. The topological polar surface area (TPSA) is 87.6 Å². The molecule has 0 saturated heterocycles. The number of aromatic nitrogens is 3. The van der Waals surface area contributed by atoms with E-state index in [0.29, 0.717) is 17.4 Å². The van der Waals surface area contributed by atoms with Crippen molar-refractivity contribution in [2.45, 2.75) is 6.92 Å². The van der Waals surface area contributed by atoms with Gasteiger partial charge in [0.15, 0.2) is 5.65 Å². The molecule has 94 valence electrons. The Bertz CT molecular complexity index is 601. The maximum atomic E-state index is 5.22. The summed E-state index contributed by atoms with van der Waals surface area (Å²) in [6, 6.07) is 1.90. The molecule has 7 nitrogen and oxygen atoms in total. The highest BCUT2D eigenvalue weighted by atomic mass is 16.5. The highest BCUT2D eigenvalue weighted by Gasteiger charge is 2.08. The molecule has 0 amide bonds. The van der Waals surface area contributed by atoms with Gasteiger partial charge in [-0.1, -0.05) is 0 Å². The van der Waals surface area contributed by atoms with E-state index in [1.165, 1.54) is 6.34 Å². The van der Waals surface area contributed by atoms with Gasteiger partial charge in [0, 0.05) is 12.4 Å². The highest BCUT2D eigenvalue weighted by molar-refractivity contribution is 5.99. The number of nitrogens with zero attached hydrogens (tertiary/aromatic N) is 4. The fraction of sp³-hybridized carbons (Fsp3) is 0.273. The second-order valence-corrected chi connectivity index (χ2v) is 3.57. The minimum absolute atomic E-state index is 0.481. The average molecular weight is 246 g/mol. The van der Waals surface area contributed by atoms with E-state index in [0.717, 1.165) is 11.1 Å². The van der Waals surface area contributed by atoms with Crippen molar-refractivity contribution in [3.8, 4) is 5.88 Å². The third-order valence-corrected chi connectivity index (χ3v) is 2.27. The molecule has 0 bridgehead atoms. The Morgan fingerprint density at radius 2 is 2.39 bits per heavy atom. The molecule has 0 spiro atoms. The number of aliphatic imine (C=N–C) groups is 2. The van der Waals surface area contributed by atoms with Gasteiger partial charge in [-0.15, -0.1) is 0 Å². The van der Waals surface area contributed by atoms with Gasteiger partial charge in [-0.3, -0.25) is 10.1 Å². The van der Waals surface area contributed by atoms with Gasteiger partial charge >= 0.3 is 0 Å². The Morgan fingerprint density at radius 3 is 3.11 bits per heavy atom. The summed E-state index contributed by atoms with van der Waals surface area (Å²) in [6.07, 6.45) is 3.17. The average Bonchev–Trinajstić information content (AvgIpc) is 2.82. The van der Waals surface area contributed by atoms with Crippen LogP contribution in [0.15, 0.2) is 22.2 Å². The van der Waals surface area contributed by atoms with Gasteiger partial charge in [-0.25, -0.2) is 4.99 Å². The van der Waals surface area contributed by atoms with Crippen LogP contribution in [0.4, 0.5) is 5.69 Å². The van der Waals surface area contributed by atoms with Crippen LogP contribution >= 0.6 is 0 Å². The molecule has 0 saturated carbocycles. The zero-order chi connectivity index (χ0) is 13.0. The largest absolute Gasteiger partial charge is 0.479 e. The lowest BCUT2D eigenvalue weighted by atomic mass is 10.3. The lowest BCUT2D eigenvalue weighted by Crippen LogP contribution is -2.09. The number of nitrogens with one attached hydrogen (secondary N) is 2. The molecule has 0 radical (unpaired) electrons. The SMILES string of the molecule is CN=CN=C(C)Nc1cc2cn[nH]c2nc1OC. The summed E-state index contributed by atoms with van der Waals surface area (Å²) in [6.45, 7) is 1.83. The predicted octanol–water partition coefficient (Wildman–Crippen LogP) is 1.45. The van der Waals surface area contributed by atoms with Crippen LogP contribution in [0.1, 0.15) is 6.92 Å². The summed E-state index contributed by atoms with van der Waals surface area (Å²) in [5.41, 5.74) is 1.42. The zero-order valence-corrected chi connectivity index (χ0v) is 10.4. The number of fused-ring (bicyclic) bond motifs is 1. The number of hydrogen-bond acceptors (Lipinski definition) is 4. The third kappa shape index (κ3) is 2.45. The first-order chi connectivity index (χ1) is 8.74. The van der Waals surface area contributed by atoms with Gasteiger partial charge < -0.3 is 10.1 Å². The van der Waals surface area contributed by atoms with Crippen LogP contribution in [0.25, 0.3) is 11.0 Å². The van der Waals surface area contributed by atoms with Gasteiger partial charge in [-0.2, -0.15) is 10.1 Å². The monoisotopic (exact) mass is 246 g/mol. The van der Waals surface area contributed by atoms with Crippen molar-refractivity contribution in [3.63, 3.8) is 0 Å². The number of methoxy groups -OCH3 is 1. The summed E-state index contributed by atoms with van der Waals surface area (Å²) in [7, 11) is 3.23. The Kier molecular flexibility index (Phi) is 3.52. The minimum atomic E-state index is 0.481. The van der Waals surface area contributed by atoms with Crippen molar-refractivity contribution in [2.24, 2.45) is 9.98 Å². The van der Waals surface area contributed by atoms with Crippen LogP contribution in [-0.4, -0.2) is 41.5 Å². The summed E-state index contributed by atoms with van der Waals surface area (Å²) in [4.78, 5) is 12.2. The number of ether oxygens (including phenoxy) is 1. The highest BCUT2D eigenvalue weighted by Crippen LogP contribution is 2.25. The summed E-state index contributed by atoms with van der Waals surface area (Å²) >= 11 is 0. The van der Waals surface area contributed by atoms with Crippen molar-refractivity contribution >= 4 is 28.9 Å². The maximum Gasteiger partial charge on any atom is 0.239 e. The van der Waals surface area contributed by atoms with E-state index in [4.69, 9.17) is 4.74 Å². The molecule has 0 aliphatic carbocycles. The molecule has 7 heteroatoms. The zero-order valence-electron chi connectivity index (χ0n) is 10.4. The molecule has 2 aromatic heterocycles. The van der Waals surface area contributed by atoms with E-state index in [-0.39, 0.29) is 0 Å². The van der Waals surface area contributed by atoms with Crippen LogP contribution in [0.2, 0.25) is 0 Å². The second-order valence-electron chi connectivity index (χ2n) is 3.57. The fourth-order valence-electron chi connectivity index (χ4n) is 1.48. The minimum Gasteiger partial charge on any atom is -0.479 e. The molecule has 18 heavy (non-hydrogen) atoms. The van der Waals surface area contributed by atoms with E-state index in [1.54, 1.807) is 20.4 Å². The smallest absolute Gasteiger partial charge is 0.239 e. The molecule has 2 N–H and O–H groups in total. The summed E-state index contributed by atoms with van der Waals surface area (Å²) in [5, 5.41) is 10.7. The molecule has 0 aliphatic rings. The van der Waals surface area contributed by atoms with E-state index in [2.05, 4.69) is 30.5 Å². The molecule has 2 aromatic rings. The van der Waals surface area contributed by atoms with Crippen LogP contribution in [0, 0.1) is 0 Å². The molecule has 0 fully saturated rings. The van der Waals surface area contributed by atoms with Crippen LogP contribution in [0.5, 0.6) is 5.88 Å². The maximum absolute atomic E-state index is 5.22. The third-order valence-electron chi connectivity index (χ3n) is 2.27. The van der Waals surface area contributed by atoms with E-state index >= 15 is 0 Å². The molecule has 0 aliphatic heterocycles. The quantitative estimate of drug-likeness (QED) is 0.634. The Hall–Kier alpha value is -2.44. The van der Waals surface area contributed by atoms with Gasteiger partial charge in [0.25, 0.3) is 0 Å². The number of aromatic amines is 1. The Balaban J connectivity index is 2.36. The van der Waals surface area contributed by atoms with Crippen molar-refractivity contribution in [2.75, 3.05) is 19.5 Å². The van der Waals surface area contributed by atoms with Gasteiger partial charge in [0.05, 0.1) is 13.3 Å². The standard InChI is InChI=1S/C11H14N6O/c1-7(13-6-12-2)15-9-4-8-5-14-17-10(8)16-11(9)18-3/h4-6H,1-3H3,(H,12,13,15)(H,14,16,17). The van der Waals surface area contributed by atoms with Gasteiger partial charge in [0.1, 0.15) is 17.9 Å². The number of rotatable bonds is 3. The first-order valence-corrected chi connectivity index (χ1v) is 5.34. The Labute approximate surface area is 104 Å². The van der Waals surface area contributed by atoms with Gasteiger partial charge in [-0.05, 0) is 13.0 Å². The van der Waals surface area contributed by atoms with Crippen molar-refractivity contribution < 1.29 is 4.74 Å². The molecule has 0 unspecified atom stereocenters. The molecule has 0 aromatic carbocycles. The van der Waals surface area contributed by atoms with Gasteiger partial charge in [0.2, 0.25) is 5.88 Å². The van der Waals surface area contributed by atoms with Crippen LogP contribution in [-0.2, 0) is 0 Å². The molecular formula is C11H14N6O. The number of amidine groups is 1. The van der Waals surface area contributed by atoms with Crippen molar-refractivity contribution in [3.05, 3.63) is 12.3 Å². The second kappa shape index (κ2) is 5.26. The molecule has 2 heterocycles. The van der Waals surface area contributed by atoms with Crippen LogP contribution < -0.4 is 10.1 Å². The normalized spacial score (nSPS) is 12.3. The van der Waals surface area contributed by atoms with E-state index in [1.807, 2.05) is 13.0 Å². The number of H-pyrrole nitrogens is 1. The van der Waals surface area contributed by atoms with Crippen LogP contribution in [0.3, 0.4) is 0 Å². The molecule has 2 rings (SSSR count). The summed E-state index contributed by atoms with van der Waals surface area (Å²) < 4.78 is 5.22. The first kappa shape index (κ1) is 12.0. The number of pyridine rings is 1. The summed E-state index contributed by atoms with van der Waals surface area (Å²) in [5.74, 6) is 1.18.